The van der Waals surface area contributed by atoms with Gasteiger partial charge in [0.05, 0.1) is 7.11 Å². The van der Waals surface area contributed by atoms with Gasteiger partial charge < -0.3 is 14.8 Å². The first kappa shape index (κ1) is 16.3. The maximum absolute atomic E-state index is 12.0. The lowest BCUT2D eigenvalue weighted by atomic mass is 9.86. The van der Waals surface area contributed by atoms with Crippen LogP contribution in [-0.2, 0) is 9.53 Å². The first-order valence-corrected chi connectivity index (χ1v) is 7.71. The lowest BCUT2D eigenvalue weighted by molar-refractivity contribution is -0.125. The van der Waals surface area contributed by atoms with Gasteiger partial charge in [-0.1, -0.05) is 31.9 Å². The molecular formula is C17H23NO4. The summed E-state index contributed by atoms with van der Waals surface area (Å²) in [6, 6.07) is 6.98. The molecule has 22 heavy (non-hydrogen) atoms. The fraction of sp³-hybridized carbons (Fsp3) is 0.529. The molecule has 2 rings (SSSR count). The van der Waals surface area contributed by atoms with E-state index in [9.17, 15) is 9.59 Å². The molecule has 0 unspecified atom stereocenters. The monoisotopic (exact) mass is 305 g/mol. The summed E-state index contributed by atoms with van der Waals surface area (Å²) in [4.78, 5) is 23.9. The van der Waals surface area contributed by atoms with E-state index in [1.54, 1.807) is 24.3 Å². The average Bonchev–Trinajstić information content (AvgIpc) is 2.54. The van der Waals surface area contributed by atoms with Crippen molar-refractivity contribution in [2.24, 2.45) is 5.92 Å². The second-order valence-electron chi connectivity index (χ2n) is 5.71. The summed E-state index contributed by atoms with van der Waals surface area (Å²) in [5.74, 6) is 0.114. The Morgan fingerprint density at radius 3 is 2.68 bits per heavy atom. The Morgan fingerprint density at radius 2 is 1.95 bits per heavy atom. The number of amides is 1. The van der Waals surface area contributed by atoms with Crippen molar-refractivity contribution in [1.82, 2.24) is 5.32 Å². The van der Waals surface area contributed by atoms with Gasteiger partial charge in [0, 0.05) is 6.04 Å². The van der Waals surface area contributed by atoms with Gasteiger partial charge in [-0.15, -0.1) is 0 Å². The molecule has 0 bridgehead atoms. The van der Waals surface area contributed by atoms with Crippen molar-refractivity contribution in [3.8, 4) is 5.75 Å². The average molecular weight is 305 g/mol. The first-order chi connectivity index (χ1) is 10.6. The van der Waals surface area contributed by atoms with E-state index < -0.39 is 5.97 Å². The SMILES string of the molecule is COc1ccccc1C(=O)OCC(=O)N[C@@H]1CCCC[C@@H]1C. The topological polar surface area (TPSA) is 64.6 Å². The number of hydrogen-bond acceptors (Lipinski definition) is 4. The molecule has 0 spiro atoms. The molecule has 1 N–H and O–H groups in total. The summed E-state index contributed by atoms with van der Waals surface area (Å²) >= 11 is 0. The number of nitrogens with one attached hydrogen (secondary N) is 1. The Morgan fingerprint density at radius 1 is 1.23 bits per heavy atom. The second-order valence-corrected chi connectivity index (χ2v) is 5.71. The number of carbonyl (C=O) groups is 2. The van der Waals surface area contributed by atoms with E-state index in [2.05, 4.69) is 12.2 Å². The lowest BCUT2D eigenvalue weighted by Gasteiger charge is -2.29. The van der Waals surface area contributed by atoms with Crippen molar-refractivity contribution < 1.29 is 19.1 Å². The predicted molar refractivity (Wildman–Crippen MR) is 82.8 cm³/mol. The summed E-state index contributed by atoms with van der Waals surface area (Å²) in [6.45, 7) is 1.88. The van der Waals surface area contributed by atoms with Crippen LogP contribution in [0.2, 0.25) is 0 Å². The summed E-state index contributed by atoms with van der Waals surface area (Å²) < 4.78 is 10.2. The van der Waals surface area contributed by atoms with Crippen LogP contribution in [0.3, 0.4) is 0 Å². The minimum atomic E-state index is -0.552. The highest BCUT2D eigenvalue weighted by molar-refractivity contribution is 5.94. The molecule has 0 heterocycles. The molecule has 1 aliphatic carbocycles. The third kappa shape index (κ3) is 4.23. The van der Waals surface area contributed by atoms with Gasteiger partial charge in [-0.25, -0.2) is 4.79 Å². The van der Waals surface area contributed by atoms with Crippen LogP contribution in [0, 0.1) is 5.92 Å². The highest BCUT2D eigenvalue weighted by atomic mass is 16.5. The van der Waals surface area contributed by atoms with Crippen LogP contribution >= 0.6 is 0 Å². The standard InChI is InChI=1S/C17H23NO4/c1-12-7-3-5-9-14(12)18-16(19)11-22-17(20)13-8-4-6-10-15(13)21-2/h4,6,8,10,12,14H,3,5,7,9,11H2,1-2H3,(H,18,19)/t12-,14+/m0/s1. The molecule has 1 saturated carbocycles. The zero-order chi connectivity index (χ0) is 15.9. The minimum Gasteiger partial charge on any atom is -0.496 e. The Kier molecular flexibility index (Phi) is 5.81. The Balaban J connectivity index is 1.84. The van der Waals surface area contributed by atoms with Gasteiger partial charge in [0.1, 0.15) is 11.3 Å². The summed E-state index contributed by atoms with van der Waals surface area (Å²) in [5.41, 5.74) is 0.323. The van der Waals surface area contributed by atoms with E-state index >= 15 is 0 Å². The maximum Gasteiger partial charge on any atom is 0.342 e. The van der Waals surface area contributed by atoms with Crippen molar-refractivity contribution in [1.29, 1.82) is 0 Å². The van der Waals surface area contributed by atoms with Crippen molar-refractivity contribution in [2.45, 2.75) is 38.6 Å². The molecule has 1 aromatic rings. The van der Waals surface area contributed by atoms with Crippen LogP contribution in [0.15, 0.2) is 24.3 Å². The number of para-hydroxylation sites is 1. The normalized spacial score (nSPS) is 21.0. The summed E-state index contributed by atoms with van der Waals surface area (Å²) in [6.07, 6.45) is 4.48. The summed E-state index contributed by atoms with van der Waals surface area (Å²) in [7, 11) is 1.49. The van der Waals surface area contributed by atoms with Crippen LogP contribution < -0.4 is 10.1 Å². The van der Waals surface area contributed by atoms with Crippen molar-refractivity contribution in [3.05, 3.63) is 29.8 Å². The Bertz CT molecular complexity index is 529. The number of benzene rings is 1. The van der Waals surface area contributed by atoms with Gasteiger partial charge in [0.2, 0.25) is 0 Å². The van der Waals surface area contributed by atoms with E-state index in [1.165, 1.54) is 13.5 Å². The zero-order valence-corrected chi connectivity index (χ0v) is 13.1. The predicted octanol–water partition coefficient (Wildman–Crippen LogP) is 2.55. The minimum absolute atomic E-state index is 0.186. The third-order valence-corrected chi connectivity index (χ3v) is 4.12. The molecule has 1 fully saturated rings. The van der Waals surface area contributed by atoms with Crippen molar-refractivity contribution in [3.63, 3.8) is 0 Å². The van der Waals surface area contributed by atoms with E-state index in [4.69, 9.17) is 9.47 Å². The van der Waals surface area contributed by atoms with Crippen LogP contribution in [0.1, 0.15) is 43.0 Å². The molecular weight excluding hydrogens is 282 g/mol. The smallest absolute Gasteiger partial charge is 0.342 e. The fourth-order valence-corrected chi connectivity index (χ4v) is 2.80. The summed E-state index contributed by atoms with van der Waals surface area (Å²) in [5, 5.41) is 2.96. The first-order valence-electron chi connectivity index (χ1n) is 7.71. The second kappa shape index (κ2) is 7.82. The number of methoxy groups -OCH3 is 1. The Hall–Kier alpha value is -2.04. The molecule has 0 aliphatic heterocycles. The van der Waals surface area contributed by atoms with E-state index in [1.807, 2.05) is 0 Å². The number of ether oxygens (including phenoxy) is 2. The Labute approximate surface area is 131 Å². The molecule has 5 heteroatoms. The van der Waals surface area contributed by atoms with Crippen LogP contribution in [0.4, 0.5) is 0 Å². The molecule has 0 saturated heterocycles. The fourth-order valence-electron chi connectivity index (χ4n) is 2.80. The molecule has 1 amide bonds. The van der Waals surface area contributed by atoms with Gasteiger partial charge in [0.15, 0.2) is 6.61 Å². The van der Waals surface area contributed by atoms with Crippen molar-refractivity contribution in [2.75, 3.05) is 13.7 Å². The quantitative estimate of drug-likeness (QED) is 0.849. The van der Waals surface area contributed by atoms with Crippen LogP contribution in [0.25, 0.3) is 0 Å². The van der Waals surface area contributed by atoms with Gasteiger partial charge in [-0.05, 0) is 30.9 Å². The van der Waals surface area contributed by atoms with E-state index in [0.717, 1.165) is 19.3 Å². The molecule has 5 nitrogen and oxygen atoms in total. The van der Waals surface area contributed by atoms with Gasteiger partial charge in [-0.2, -0.15) is 0 Å². The molecule has 120 valence electrons. The van der Waals surface area contributed by atoms with Gasteiger partial charge in [0.25, 0.3) is 5.91 Å². The molecule has 0 radical (unpaired) electrons. The van der Waals surface area contributed by atoms with Gasteiger partial charge in [-0.3, -0.25) is 4.79 Å². The number of hydrogen-bond donors (Lipinski definition) is 1. The lowest BCUT2D eigenvalue weighted by Crippen LogP contribution is -2.42. The number of rotatable bonds is 5. The van der Waals surface area contributed by atoms with Crippen LogP contribution in [0.5, 0.6) is 5.75 Å². The van der Waals surface area contributed by atoms with Gasteiger partial charge >= 0.3 is 5.97 Å². The molecule has 1 aromatic carbocycles. The van der Waals surface area contributed by atoms with E-state index in [0.29, 0.717) is 17.2 Å². The molecule has 1 aliphatic rings. The van der Waals surface area contributed by atoms with Crippen LogP contribution in [-0.4, -0.2) is 31.6 Å². The molecule has 2 atom stereocenters. The molecule has 0 aromatic heterocycles. The highest BCUT2D eigenvalue weighted by Crippen LogP contribution is 2.23. The highest BCUT2D eigenvalue weighted by Gasteiger charge is 2.23. The third-order valence-electron chi connectivity index (χ3n) is 4.12. The maximum atomic E-state index is 12.0. The largest absolute Gasteiger partial charge is 0.496 e. The van der Waals surface area contributed by atoms with Crippen molar-refractivity contribution >= 4 is 11.9 Å². The zero-order valence-electron chi connectivity index (χ0n) is 13.1. The number of esters is 1. The van der Waals surface area contributed by atoms with E-state index in [-0.39, 0.29) is 18.6 Å². The number of carbonyl (C=O) groups excluding carboxylic acids is 2.